The molecule has 21 heavy (non-hydrogen) atoms. The van der Waals surface area contributed by atoms with Gasteiger partial charge in [-0.25, -0.2) is 0 Å². The Morgan fingerprint density at radius 2 is 2.19 bits per heavy atom. The first-order valence-electron chi connectivity index (χ1n) is 7.77. The highest BCUT2D eigenvalue weighted by Gasteiger charge is 2.32. The normalized spacial score (nSPS) is 23.9. The fraction of sp³-hybridized carbons (Fsp3) is 0.588. The topological polar surface area (TPSA) is 55.6 Å². The van der Waals surface area contributed by atoms with Crippen molar-refractivity contribution in [1.29, 1.82) is 0 Å². The Kier molecular flexibility index (Phi) is 5.37. The molecule has 0 aromatic heterocycles. The molecule has 1 aliphatic heterocycles. The van der Waals surface area contributed by atoms with Crippen LogP contribution in [-0.2, 0) is 9.53 Å². The van der Waals surface area contributed by atoms with Crippen LogP contribution in [-0.4, -0.2) is 36.0 Å². The molecule has 0 spiro atoms. The maximum absolute atomic E-state index is 12.5. The van der Waals surface area contributed by atoms with E-state index in [0.717, 1.165) is 18.4 Å². The molecule has 1 aliphatic rings. The Labute approximate surface area is 127 Å². The summed E-state index contributed by atoms with van der Waals surface area (Å²) in [6.07, 6.45) is 1.60. The number of carbonyl (C=O) groups is 1. The summed E-state index contributed by atoms with van der Waals surface area (Å²) >= 11 is 0. The zero-order valence-electron chi connectivity index (χ0n) is 13.2. The van der Waals surface area contributed by atoms with Crippen LogP contribution in [0.25, 0.3) is 0 Å². The zero-order chi connectivity index (χ0) is 15.4. The fourth-order valence-electron chi connectivity index (χ4n) is 2.85. The van der Waals surface area contributed by atoms with Crippen LogP contribution in [0.2, 0.25) is 0 Å². The van der Waals surface area contributed by atoms with E-state index in [1.807, 2.05) is 30.9 Å². The van der Waals surface area contributed by atoms with Crippen molar-refractivity contribution in [2.45, 2.75) is 51.8 Å². The van der Waals surface area contributed by atoms with Crippen molar-refractivity contribution in [2.24, 2.45) is 5.73 Å². The maximum Gasteiger partial charge on any atom is 0.239 e. The highest BCUT2D eigenvalue weighted by atomic mass is 16.5. The monoisotopic (exact) mass is 290 g/mol. The zero-order valence-corrected chi connectivity index (χ0v) is 13.2. The van der Waals surface area contributed by atoms with Crippen LogP contribution in [0.1, 0.15) is 43.9 Å². The third kappa shape index (κ3) is 3.63. The van der Waals surface area contributed by atoms with Crippen molar-refractivity contribution in [2.75, 3.05) is 13.2 Å². The van der Waals surface area contributed by atoms with Gasteiger partial charge in [0.15, 0.2) is 0 Å². The molecule has 0 aliphatic carbocycles. The van der Waals surface area contributed by atoms with Gasteiger partial charge in [-0.1, -0.05) is 37.6 Å². The fourth-order valence-corrected chi connectivity index (χ4v) is 2.85. The Balaban J connectivity index is 2.12. The number of ether oxygens (including phenoxy) is 1. The summed E-state index contributed by atoms with van der Waals surface area (Å²) in [6.45, 7) is 7.29. The Morgan fingerprint density at radius 1 is 1.48 bits per heavy atom. The Bertz CT molecular complexity index is 489. The molecule has 1 saturated heterocycles. The van der Waals surface area contributed by atoms with Crippen molar-refractivity contribution < 1.29 is 9.53 Å². The molecule has 4 nitrogen and oxygen atoms in total. The average Bonchev–Trinajstić information content (AvgIpc) is 2.48. The number of hydrogen-bond acceptors (Lipinski definition) is 3. The van der Waals surface area contributed by atoms with Gasteiger partial charge in [-0.3, -0.25) is 4.79 Å². The van der Waals surface area contributed by atoms with Gasteiger partial charge in [-0.05, 0) is 31.4 Å². The minimum atomic E-state index is -0.395. The van der Waals surface area contributed by atoms with Crippen molar-refractivity contribution in [3.05, 3.63) is 35.4 Å². The van der Waals surface area contributed by atoms with Crippen LogP contribution in [0.4, 0.5) is 0 Å². The van der Waals surface area contributed by atoms with Gasteiger partial charge in [-0.15, -0.1) is 0 Å². The third-order valence-electron chi connectivity index (χ3n) is 4.17. The number of hydrogen-bond donors (Lipinski definition) is 1. The van der Waals surface area contributed by atoms with E-state index in [1.54, 1.807) is 0 Å². The second-order valence-electron chi connectivity index (χ2n) is 5.91. The second kappa shape index (κ2) is 7.05. The first-order valence-corrected chi connectivity index (χ1v) is 7.77. The van der Waals surface area contributed by atoms with Gasteiger partial charge >= 0.3 is 0 Å². The molecule has 3 atom stereocenters. The van der Waals surface area contributed by atoms with Gasteiger partial charge < -0.3 is 15.4 Å². The van der Waals surface area contributed by atoms with Crippen LogP contribution in [0.5, 0.6) is 0 Å². The number of rotatable bonds is 4. The first-order chi connectivity index (χ1) is 10.0. The maximum atomic E-state index is 12.5. The highest BCUT2D eigenvalue weighted by Crippen LogP contribution is 2.27. The Hall–Kier alpha value is -1.39. The summed E-state index contributed by atoms with van der Waals surface area (Å²) in [5, 5.41) is 0. The molecule has 1 aromatic carbocycles. The lowest BCUT2D eigenvalue weighted by atomic mass is 10.0. The quantitative estimate of drug-likeness (QED) is 0.926. The van der Waals surface area contributed by atoms with E-state index < -0.39 is 6.04 Å². The molecule has 4 heteroatoms. The van der Waals surface area contributed by atoms with Crippen LogP contribution in [0, 0.1) is 6.92 Å². The molecule has 0 unspecified atom stereocenters. The van der Waals surface area contributed by atoms with Gasteiger partial charge in [0.1, 0.15) is 6.10 Å². The van der Waals surface area contributed by atoms with E-state index in [4.69, 9.17) is 10.5 Å². The third-order valence-corrected chi connectivity index (χ3v) is 4.17. The van der Waals surface area contributed by atoms with E-state index in [1.165, 1.54) is 5.56 Å². The molecular formula is C17H26N2O2. The van der Waals surface area contributed by atoms with Gasteiger partial charge in [0, 0.05) is 0 Å². The summed E-state index contributed by atoms with van der Waals surface area (Å²) < 4.78 is 5.94. The SMILES string of the molecule is CCC[C@H](N)C(=O)N1C[C@H](c2ccccc2C)OC[C@H]1C. The molecule has 0 saturated carbocycles. The summed E-state index contributed by atoms with van der Waals surface area (Å²) in [5.74, 6) is 0.0474. The number of morpholine rings is 1. The average molecular weight is 290 g/mol. The van der Waals surface area contributed by atoms with Gasteiger partial charge in [-0.2, -0.15) is 0 Å². The van der Waals surface area contributed by atoms with Crippen molar-refractivity contribution in [1.82, 2.24) is 4.90 Å². The molecule has 2 N–H and O–H groups in total. The molecule has 116 valence electrons. The lowest BCUT2D eigenvalue weighted by molar-refractivity contribution is -0.146. The highest BCUT2D eigenvalue weighted by molar-refractivity contribution is 5.82. The number of nitrogens with zero attached hydrogens (tertiary/aromatic N) is 1. The summed E-state index contributed by atoms with van der Waals surface area (Å²) in [6, 6.07) is 7.87. The molecule has 0 bridgehead atoms. The predicted octanol–water partition coefficient (Wildman–Crippen LogP) is 2.41. The van der Waals surface area contributed by atoms with E-state index in [9.17, 15) is 4.79 Å². The largest absolute Gasteiger partial charge is 0.370 e. The molecule has 2 rings (SSSR count). The van der Waals surface area contributed by atoms with Gasteiger partial charge in [0.05, 0.1) is 25.2 Å². The van der Waals surface area contributed by atoms with E-state index >= 15 is 0 Å². The van der Waals surface area contributed by atoms with E-state index in [2.05, 4.69) is 19.1 Å². The smallest absolute Gasteiger partial charge is 0.239 e. The van der Waals surface area contributed by atoms with Crippen molar-refractivity contribution in [3.8, 4) is 0 Å². The van der Waals surface area contributed by atoms with Crippen LogP contribution in [0.15, 0.2) is 24.3 Å². The number of aryl methyl sites for hydroxylation is 1. The minimum absolute atomic E-state index is 0.0474. The Morgan fingerprint density at radius 3 is 2.86 bits per heavy atom. The molecule has 1 heterocycles. The van der Waals surface area contributed by atoms with Crippen molar-refractivity contribution >= 4 is 5.91 Å². The van der Waals surface area contributed by atoms with Gasteiger partial charge in [0.2, 0.25) is 5.91 Å². The molecule has 0 radical (unpaired) electrons. The summed E-state index contributed by atoms with van der Waals surface area (Å²) in [7, 11) is 0. The number of benzene rings is 1. The first kappa shape index (κ1) is 16.0. The standard InChI is InChI=1S/C17H26N2O2/c1-4-7-15(18)17(20)19-10-16(21-11-13(19)3)14-9-6-5-8-12(14)2/h5-6,8-9,13,15-16H,4,7,10-11,18H2,1-3H3/t13-,15+,16-/m1/s1. The number of amides is 1. The lowest BCUT2D eigenvalue weighted by Gasteiger charge is -2.39. The van der Waals surface area contributed by atoms with Crippen LogP contribution < -0.4 is 5.73 Å². The summed E-state index contributed by atoms with van der Waals surface area (Å²) in [4.78, 5) is 14.4. The molecule has 1 fully saturated rings. The summed E-state index contributed by atoms with van der Waals surface area (Å²) in [5.41, 5.74) is 8.36. The van der Waals surface area contributed by atoms with E-state index in [-0.39, 0.29) is 18.1 Å². The van der Waals surface area contributed by atoms with Crippen LogP contribution >= 0.6 is 0 Å². The van der Waals surface area contributed by atoms with Gasteiger partial charge in [0.25, 0.3) is 0 Å². The minimum Gasteiger partial charge on any atom is -0.370 e. The number of carbonyl (C=O) groups excluding carboxylic acids is 1. The second-order valence-corrected chi connectivity index (χ2v) is 5.91. The molecule has 1 amide bonds. The molecular weight excluding hydrogens is 264 g/mol. The van der Waals surface area contributed by atoms with Crippen molar-refractivity contribution in [3.63, 3.8) is 0 Å². The molecule has 1 aromatic rings. The predicted molar refractivity (Wildman–Crippen MR) is 83.9 cm³/mol. The number of nitrogens with two attached hydrogens (primary N) is 1. The van der Waals surface area contributed by atoms with Crippen LogP contribution in [0.3, 0.4) is 0 Å². The lowest BCUT2D eigenvalue weighted by Crippen LogP contribution is -2.53. The van der Waals surface area contributed by atoms with E-state index in [0.29, 0.717) is 13.2 Å².